The van der Waals surface area contributed by atoms with E-state index in [1.54, 1.807) is 43.5 Å². The first-order valence-electron chi connectivity index (χ1n) is 11.7. The first kappa shape index (κ1) is 27.9. The molecular weight excluding hydrogens is 460 g/mol. The first-order valence-corrected chi connectivity index (χ1v) is 11.7. The van der Waals surface area contributed by atoms with Gasteiger partial charge in [-0.15, -0.1) is 0 Å². The number of aliphatic carboxylic acids is 1. The van der Waals surface area contributed by atoms with Crippen molar-refractivity contribution in [1.29, 1.82) is 0 Å². The minimum absolute atomic E-state index is 0.136. The zero-order valence-electron chi connectivity index (χ0n) is 20.3. The fourth-order valence-electron chi connectivity index (χ4n) is 2.97. The number of benzene rings is 2. The number of ether oxygens (including phenoxy) is 2. The molecule has 190 valence electrons. The Morgan fingerprint density at radius 1 is 1.06 bits per heavy atom. The molecule has 8 heteroatoms. The molecule has 0 radical (unpaired) electrons. The Balaban J connectivity index is 0.000000281. The molecule has 0 spiro atoms. The molecule has 0 aliphatic rings. The third-order valence-corrected chi connectivity index (χ3v) is 4.66. The molecule has 0 bridgehead atoms. The van der Waals surface area contributed by atoms with Gasteiger partial charge in [0.05, 0.1) is 13.2 Å². The number of anilines is 1. The van der Waals surface area contributed by atoms with Gasteiger partial charge in [-0.05, 0) is 73.4 Å². The van der Waals surface area contributed by atoms with Gasteiger partial charge in [0.15, 0.2) is 0 Å². The van der Waals surface area contributed by atoms with Crippen LogP contribution in [-0.2, 0) is 20.7 Å². The van der Waals surface area contributed by atoms with E-state index in [1.807, 2.05) is 42.5 Å². The summed E-state index contributed by atoms with van der Waals surface area (Å²) in [7, 11) is 0. The van der Waals surface area contributed by atoms with Crippen molar-refractivity contribution in [3.8, 4) is 11.5 Å². The lowest BCUT2D eigenvalue weighted by Gasteiger charge is -2.09. The highest BCUT2D eigenvalue weighted by atomic mass is 16.5. The van der Waals surface area contributed by atoms with Crippen LogP contribution in [0.2, 0.25) is 0 Å². The monoisotopic (exact) mass is 492 g/mol. The summed E-state index contributed by atoms with van der Waals surface area (Å²) in [6, 6.07) is 20.0. The minimum atomic E-state index is -0.785. The van der Waals surface area contributed by atoms with Crippen LogP contribution in [0.15, 0.2) is 79.0 Å². The Hall–Kier alpha value is -4.33. The number of carbonyl (C=O) groups excluding carboxylic acids is 1. The highest BCUT2D eigenvalue weighted by Gasteiger charge is 2.01. The van der Waals surface area contributed by atoms with Gasteiger partial charge in [0.25, 0.3) is 0 Å². The van der Waals surface area contributed by atoms with E-state index in [-0.39, 0.29) is 18.1 Å². The van der Waals surface area contributed by atoms with E-state index in [0.717, 1.165) is 35.7 Å². The Morgan fingerprint density at radius 3 is 2.61 bits per heavy atom. The van der Waals surface area contributed by atoms with Crippen LogP contribution >= 0.6 is 0 Å². The van der Waals surface area contributed by atoms with Crippen molar-refractivity contribution in [3.05, 3.63) is 90.1 Å². The first-order chi connectivity index (χ1) is 17.5. The van der Waals surface area contributed by atoms with Crippen LogP contribution < -0.4 is 10.1 Å². The second kappa shape index (κ2) is 16.3. The Morgan fingerprint density at radius 2 is 1.89 bits per heavy atom. The van der Waals surface area contributed by atoms with Crippen molar-refractivity contribution in [3.63, 3.8) is 0 Å². The van der Waals surface area contributed by atoms with Gasteiger partial charge in [0.2, 0.25) is 0 Å². The topological polar surface area (TPSA) is 118 Å². The normalized spacial score (nSPS) is 10.2. The molecule has 0 saturated heterocycles. The van der Waals surface area contributed by atoms with Crippen LogP contribution in [0.3, 0.4) is 0 Å². The molecule has 0 atom stereocenters. The third-order valence-electron chi connectivity index (χ3n) is 4.66. The smallest absolute Gasteiger partial charge is 0.330 e. The molecule has 3 rings (SSSR count). The summed E-state index contributed by atoms with van der Waals surface area (Å²) >= 11 is 0. The second-order valence-corrected chi connectivity index (χ2v) is 7.57. The number of rotatable bonds is 12. The number of aromatic nitrogens is 1. The van der Waals surface area contributed by atoms with Crippen LogP contribution in [0.1, 0.15) is 30.9 Å². The number of hydrogen-bond donors (Lipinski definition) is 3. The molecular formula is C28H32N2O6. The van der Waals surface area contributed by atoms with E-state index in [9.17, 15) is 9.59 Å². The summed E-state index contributed by atoms with van der Waals surface area (Å²) < 4.78 is 10.4. The van der Waals surface area contributed by atoms with E-state index >= 15 is 0 Å². The largest absolute Gasteiger partial charge is 0.508 e. The number of pyridine rings is 1. The summed E-state index contributed by atoms with van der Waals surface area (Å²) in [4.78, 5) is 25.7. The van der Waals surface area contributed by atoms with Crippen LogP contribution in [-0.4, -0.2) is 46.9 Å². The Kier molecular flexibility index (Phi) is 12.7. The van der Waals surface area contributed by atoms with E-state index in [4.69, 9.17) is 19.7 Å². The summed E-state index contributed by atoms with van der Waals surface area (Å²) in [5.41, 5.74) is 1.74. The van der Waals surface area contributed by atoms with Crippen LogP contribution in [0, 0.1) is 0 Å². The van der Waals surface area contributed by atoms with Crippen molar-refractivity contribution >= 4 is 23.8 Å². The molecule has 1 aromatic heterocycles. The number of aromatic hydroxyl groups is 1. The molecule has 36 heavy (non-hydrogen) atoms. The van der Waals surface area contributed by atoms with Gasteiger partial charge in [-0.3, -0.25) is 4.79 Å². The quantitative estimate of drug-likeness (QED) is 0.185. The number of phenolic OH excluding ortho intramolecular Hbond substituents is 1. The van der Waals surface area contributed by atoms with E-state index in [1.165, 1.54) is 6.08 Å². The molecule has 0 aliphatic heterocycles. The van der Waals surface area contributed by atoms with E-state index in [0.29, 0.717) is 19.6 Å². The fourth-order valence-corrected chi connectivity index (χ4v) is 2.97. The number of phenols is 1. The average Bonchev–Trinajstić information content (AvgIpc) is 2.88. The Bertz CT molecular complexity index is 1100. The highest BCUT2D eigenvalue weighted by molar-refractivity contribution is 5.87. The molecule has 1 heterocycles. The second-order valence-electron chi connectivity index (χ2n) is 7.57. The van der Waals surface area contributed by atoms with Gasteiger partial charge >= 0.3 is 11.9 Å². The van der Waals surface area contributed by atoms with Gasteiger partial charge in [0.1, 0.15) is 17.3 Å². The fraction of sp³-hybridized carbons (Fsp3) is 0.250. The van der Waals surface area contributed by atoms with Gasteiger partial charge in [0, 0.05) is 25.2 Å². The SMILES string of the molecule is CCOC(=O)/C=C\c1cccc(O)c1.O=C(O)CCc1cccc(OCCCNc2ccccn2)c1. The summed E-state index contributed by atoms with van der Waals surface area (Å²) in [6.45, 7) is 3.50. The summed E-state index contributed by atoms with van der Waals surface area (Å²) in [5, 5.41) is 21.0. The molecule has 2 aromatic carbocycles. The zero-order valence-corrected chi connectivity index (χ0v) is 20.3. The molecule has 8 nitrogen and oxygen atoms in total. The van der Waals surface area contributed by atoms with Crippen molar-refractivity contribution in [2.24, 2.45) is 0 Å². The van der Waals surface area contributed by atoms with Gasteiger partial charge in [-0.1, -0.05) is 30.3 Å². The van der Waals surface area contributed by atoms with Crippen LogP contribution in [0.5, 0.6) is 11.5 Å². The molecule has 3 N–H and O–H groups in total. The lowest BCUT2D eigenvalue weighted by atomic mass is 10.1. The third kappa shape index (κ3) is 12.2. The molecule has 0 unspecified atom stereocenters. The van der Waals surface area contributed by atoms with Crippen LogP contribution in [0.4, 0.5) is 5.82 Å². The predicted molar refractivity (Wildman–Crippen MR) is 139 cm³/mol. The number of aryl methyl sites for hydroxylation is 1. The number of hydrogen-bond acceptors (Lipinski definition) is 7. The number of esters is 1. The molecule has 3 aromatic rings. The number of nitrogens with one attached hydrogen (secondary N) is 1. The van der Waals surface area contributed by atoms with Gasteiger partial charge < -0.3 is 25.0 Å². The van der Waals surface area contributed by atoms with Crippen molar-refractivity contribution in [2.75, 3.05) is 25.1 Å². The lowest BCUT2D eigenvalue weighted by Crippen LogP contribution is -2.08. The predicted octanol–water partition coefficient (Wildman–Crippen LogP) is 4.95. The van der Waals surface area contributed by atoms with Gasteiger partial charge in [-0.25, -0.2) is 9.78 Å². The van der Waals surface area contributed by atoms with E-state index < -0.39 is 5.97 Å². The maximum atomic E-state index is 10.9. The molecule has 0 saturated carbocycles. The highest BCUT2D eigenvalue weighted by Crippen LogP contribution is 2.15. The number of carbonyl (C=O) groups is 2. The molecule has 0 amide bonds. The van der Waals surface area contributed by atoms with Crippen LogP contribution in [0.25, 0.3) is 6.08 Å². The van der Waals surface area contributed by atoms with E-state index in [2.05, 4.69) is 10.3 Å². The maximum absolute atomic E-state index is 10.9. The summed E-state index contributed by atoms with van der Waals surface area (Å²) in [6.07, 6.45) is 6.19. The number of carboxylic acid groups (broad SMARTS) is 1. The zero-order chi connectivity index (χ0) is 26.0. The minimum Gasteiger partial charge on any atom is -0.508 e. The Labute approximate surface area is 211 Å². The average molecular weight is 493 g/mol. The van der Waals surface area contributed by atoms with Crippen molar-refractivity contribution < 1.29 is 29.3 Å². The summed E-state index contributed by atoms with van der Waals surface area (Å²) in [5.74, 6) is 0.651. The number of carboxylic acids is 1. The molecule has 0 fully saturated rings. The maximum Gasteiger partial charge on any atom is 0.330 e. The van der Waals surface area contributed by atoms with Gasteiger partial charge in [-0.2, -0.15) is 0 Å². The standard InChI is InChI=1S/C17H20N2O3.C11H12O3/c20-17(21)9-8-14-5-3-6-15(13-14)22-12-4-11-19-16-7-1-2-10-18-16;1-2-14-11(13)7-6-9-4-3-5-10(12)8-9/h1-3,5-7,10,13H,4,8-9,11-12H2,(H,18,19)(H,20,21);3-8,12H,2H2,1H3/b;7-6-. The number of nitrogens with zero attached hydrogens (tertiary/aromatic N) is 1. The van der Waals surface area contributed by atoms with Crippen molar-refractivity contribution in [1.82, 2.24) is 4.98 Å². The van der Waals surface area contributed by atoms with Crippen molar-refractivity contribution in [2.45, 2.75) is 26.2 Å². The lowest BCUT2D eigenvalue weighted by molar-refractivity contribution is -0.138. The molecule has 0 aliphatic carbocycles.